The highest BCUT2D eigenvalue weighted by Crippen LogP contribution is 2.29. The lowest BCUT2D eigenvalue weighted by atomic mass is 10.0. The van der Waals surface area contributed by atoms with Crippen molar-refractivity contribution in [1.82, 2.24) is 15.0 Å². The molecule has 21 heavy (non-hydrogen) atoms. The van der Waals surface area contributed by atoms with E-state index in [9.17, 15) is 9.65 Å². The number of nitrogens with one attached hydrogen (secondary N) is 1. The number of nitriles is 1. The Labute approximate surface area is 119 Å². The summed E-state index contributed by atoms with van der Waals surface area (Å²) < 4.78 is 13.3. The number of aromatic nitrogens is 3. The number of pyridine rings is 1. The largest absolute Gasteiger partial charge is 0.383 e. The van der Waals surface area contributed by atoms with Gasteiger partial charge in [-0.3, -0.25) is 0 Å². The maximum absolute atomic E-state index is 13.3. The van der Waals surface area contributed by atoms with Gasteiger partial charge in [-0.05, 0) is 18.2 Å². The molecule has 6 heteroatoms. The summed E-state index contributed by atoms with van der Waals surface area (Å²) in [6.07, 6.45) is 3.10. The van der Waals surface area contributed by atoms with E-state index in [1.807, 2.05) is 6.07 Å². The molecule has 0 atom stereocenters. The molecule has 0 unspecified atom stereocenters. The second-order valence-electron chi connectivity index (χ2n) is 4.40. The van der Waals surface area contributed by atoms with Crippen molar-refractivity contribution in [2.75, 3.05) is 5.73 Å². The molecule has 0 saturated heterocycles. The number of benzene rings is 1. The summed E-state index contributed by atoms with van der Waals surface area (Å²) in [5.41, 5.74) is 8.44. The first kappa shape index (κ1) is 12.8. The highest BCUT2D eigenvalue weighted by molar-refractivity contribution is 5.78. The lowest BCUT2D eigenvalue weighted by molar-refractivity contribution is 0.628. The summed E-state index contributed by atoms with van der Waals surface area (Å²) in [4.78, 5) is 11.0. The maximum Gasteiger partial charge on any atom is 0.142 e. The average Bonchev–Trinajstić information content (AvgIpc) is 3.00. The number of anilines is 1. The Kier molecular flexibility index (Phi) is 3.09. The molecule has 0 fully saturated rings. The van der Waals surface area contributed by atoms with E-state index in [1.165, 1.54) is 18.5 Å². The van der Waals surface area contributed by atoms with Crippen LogP contribution in [-0.2, 0) is 0 Å². The molecule has 2 aromatic heterocycles. The lowest BCUT2D eigenvalue weighted by Gasteiger charge is -2.08. The van der Waals surface area contributed by atoms with Gasteiger partial charge in [0.05, 0.1) is 23.9 Å². The zero-order valence-electron chi connectivity index (χ0n) is 10.8. The van der Waals surface area contributed by atoms with Crippen LogP contribution in [0.5, 0.6) is 0 Å². The molecule has 3 aromatic rings. The summed E-state index contributed by atoms with van der Waals surface area (Å²) in [5.74, 6) is -0.260. The number of nitrogen functional groups attached to an aromatic ring is 1. The molecule has 0 spiro atoms. The van der Waals surface area contributed by atoms with Gasteiger partial charge in [0.25, 0.3) is 0 Å². The van der Waals surface area contributed by atoms with Crippen molar-refractivity contribution < 1.29 is 4.39 Å². The predicted molar refractivity (Wildman–Crippen MR) is 76.3 cm³/mol. The van der Waals surface area contributed by atoms with Crippen molar-refractivity contribution >= 4 is 5.82 Å². The fourth-order valence-corrected chi connectivity index (χ4v) is 2.09. The number of nitrogens with zero attached hydrogens (tertiary/aromatic N) is 3. The van der Waals surface area contributed by atoms with Crippen LogP contribution < -0.4 is 5.73 Å². The number of rotatable bonds is 2. The summed E-state index contributed by atoms with van der Waals surface area (Å²) in [7, 11) is 0. The van der Waals surface area contributed by atoms with Crippen LogP contribution in [0.1, 0.15) is 5.56 Å². The first-order chi connectivity index (χ1) is 10.2. The fourth-order valence-electron chi connectivity index (χ4n) is 2.09. The van der Waals surface area contributed by atoms with Crippen LogP contribution in [0.3, 0.4) is 0 Å². The minimum absolute atomic E-state index is 0.101. The predicted octanol–water partition coefficient (Wildman–Crippen LogP) is 2.73. The van der Waals surface area contributed by atoms with E-state index in [2.05, 4.69) is 15.0 Å². The fraction of sp³-hybridized carbons (Fsp3) is 0. The van der Waals surface area contributed by atoms with Gasteiger partial charge < -0.3 is 10.7 Å². The van der Waals surface area contributed by atoms with Gasteiger partial charge in [-0.2, -0.15) is 5.26 Å². The molecular weight excluding hydrogens is 269 g/mol. The van der Waals surface area contributed by atoms with Crippen molar-refractivity contribution in [1.29, 1.82) is 5.26 Å². The molecule has 3 N–H and O–H groups in total. The topological polar surface area (TPSA) is 91.4 Å². The maximum atomic E-state index is 13.3. The number of nitrogens with two attached hydrogens (primary N) is 1. The number of aromatic amines is 1. The second-order valence-corrected chi connectivity index (χ2v) is 4.40. The molecule has 102 valence electrons. The molecule has 0 saturated carbocycles. The van der Waals surface area contributed by atoms with Crippen molar-refractivity contribution in [2.24, 2.45) is 0 Å². The Morgan fingerprint density at radius 1 is 1.29 bits per heavy atom. The molecule has 0 bridgehead atoms. The van der Waals surface area contributed by atoms with E-state index in [0.717, 1.165) is 0 Å². The van der Waals surface area contributed by atoms with Crippen LogP contribution in [0, 0.1) is 17.1 Å². The van der Waals surface area contributed by atoms with E-state index in [-0.39, 0.29) is 17.2 Å². The minimum Gasteiger partial charge on any atom is -0.383 e. The zero-order chi connectivity index (χ0) is 14.8. The van der Waals surface area contributed by atoms with Crippen LogP contribution in [0.4, 0.5) is 10.2 Å². The van der Waals surface area contributed by atoms with E-state index in [1.54, 1.807) is 24.4 Å². The van der Waals surface area contributed by atoms with E-state index in [4.69, 9.17) is 5.73 Å². The molecule has 0 aliphatic heterocycles. The Morgan fingerprint density at radius 3 is 2.81 bits per heavy atom. The number of imidazole rings is 1. The molecule has 0 aliphatic carbocycles. The average molecular weight is 279 g/mol. The molecule has 5 nitrogen and oxygen atoms in total. The third-order valence-electron chi connectivity index (χ3n) is 3.07. The summed E-state index contributed by atoms with van der Waals surface area (Å²) in [6, 6.07) is 9.77. The zero-order valence-corrected chi connectivity index (χ0v) is 10.8. The highest BCUT2D eigenvalue weighted by atomic mass is 19.1. The van der Waals surface area contributed by atoms with Crippen LogP contribution >= 0.6 is 0 Å². The van der Waals surface area contributed by atoms with Crippen molar-refractivity contribution in [2.45, 2.75) is 0 Å². The second kappa shape index (κ2) is 5.06. The minimum atomic E-state index is -0.361. The van der Waals surface area contributed by atoms with Crippen molar-refractivity contribution in [3.63, 3.8) is 0 Å². The molecule has 1 aromatic carbocycles. The van der Waals surface area contributed by atoms with Gasteiger partial charge in [0, 0.05) is 11.1 Å². The van der Waals surface area contributed by atoms with Gasteiger partial charge in [0.1, 0.15) is 23.3 Å². The summed E-state index contributed by atoms with van der Waals surface area (Å²) >= 11 is 0. The third-order valence-corrected chi connectivity index (χ3v) is 3.07. The molecule has 0 radical (unpaired) electrons. The number of hydrogen-bond donors (Lipinski definition) is 2. The Balaban J connectivity index is 2.23. The standard InChI is InChI=1S/C15H10FN5/c16-10-3-1-2-9(4-10)13-5-11(14-7-19-8-20-14)12(6-17)15(18)21-13/h1-5,7-8H,(H2,18,21)(H,19,20). The first-order valence-electron chi connectivity index (χ1n) is 6.14. The van der Waals surface area contributed by atoms with Crippen LogP contribution in [0.2, 0.25) is 0 Å². The van der Waals surface area contributed by atoms with E-state index >= 15 is 0 Å². The molecule has 0 amide bonds. The van der Waals surface area contributed by atoms with Gasteiger partial charge in [-0.25, -0.2) is 14.4 Å². The Morgan fingerprint density at radius 2 is 2.14 bits per heavy atom. The van der Waals surface area contributed by atoms with Gasteiger partial charge >= 0.3 is 0 Å². The summed E-state index contributed by atoms with van der Waals surface area (Å²) in [5, 5.41) is 9.24. The highest BCUT2D eigenvalue weighted by Gasteiger charge is 2.14. The third kappa shape index (κ3) is 2.32. The molecule has 2 heterocycles. The smallest absolute Gasteiger partial charge is 0.142 e. The van der Waals surface area contributed by atoms with Crippen LogP contribution in [0.25, 0.3) is 22.5 Å². The monoisotopic (exact) mass is 279 g/mol. The van der Waals surface area contributed by atoms with E-state index < -0.39 is 0 Å². The van der Waals surface area contributed by atoms with E-state index in [0.29, 0.717) is 22.5 Å². The molecular formula is C15H10FN5. The van der Waals surface area contributed by atoms with Crippen LogP contribution in [-0.4, -0.2) is 15.0 Å². The van der Waals surface area contributed by atoms with Crippen molar-refractivity contribution in [3.8, 4) is 28.6 Å². The van der Waals surface area contributed by atoms with Gasteiger partial charge in [0.15, 0.2) is 0 Å². The Bertz CT molecular complexity index is 834. The van der Waals surface area contributed by atoms with Gasteiger partial charge in [0.2, 0.25) is 0 Å². The first-order valence-corrected chi connectivity index (χ1v) is 6.14. The quantitative estimate of drug-likeness (QED) is 0.754. The lowest BCUT2D eigenvalue weighted by Crippen LogP contribution is -2.00. The number of H-pyrrole nitrogens is 1. The molecule has 0 aliphatic rings. The SMILES string of the molecule is N#Cc1c(-c2cnc[nH]2)cc(-c2cccc(F)c2)nc1N. The van der Waals surface area contributed by atoms with Gasteiger partial charge in [-0.1, -0.05) is 12.1 Å². The summed E-state index contributed by atoms with van der Waals surface area (Å²) in [6.45, 7) is 0. The van der Waals surface area contributed by atoms with Crippen LogP contribution in [0.15, 0.2) is 42.9 Å². The molecule has 3 rings (SSSR count). The Hall–Kier alpha value is -3.20. The normalized spacial score (nSPS) is 10.3. The number of hydrogen-bond acceptors (Lipinski definition) is 4. The van der Waals surface area contributed by atoms with Gasteiger partial charge in [-0.15, -0.1) is 0 Å². The van der Waals surface area contributed by atoms with Crippen molar-refractivity contribution in [3.05, 3.63) is 54.2 Å². The number of halogens is 1.